The Morgan fingerprint density at radius 3 is 1.79 bits per heavy atom. The molecule has 0 heterocycles. The summed E-state index contributed by atoms with van der Waals surface area (Å²) in [5, 5.41) is 0. The molecule has 0 bridgehead atoms. The van der Waals surface area contributed by atoms with Crippen molar-refractivity contribution >= 4 is 11.9 Å². The lowest BCUT2D eigenvalue weighted by molar-refractivity contribution is -0.172. The van der Waals surface area contributed by atoms with Crippen molar-refractivity contribution in [3.05, 3.63) is 12.2 Å². The van der Waals surface area contributed by atoms with Crippen LogP contribution in [0.5, 0.6) is 0 Å². The molecule has 0 amide bonds. The van der Waals surface area contributed by atoms with E-state index in [1.54, 1.807) is 13.8 Å². The molecule has 4 heteroatoms. The molecular weight excluding hydrogens is 244 g/mol. The normalized spacial score (nSPS) is 10.9. The molecule has 110 valence electrons. The van der Waals surface area contributed by atoms with Crippen molar-refractivity contribution < 1.29 is 19.1 Å². The fourth-order valence-corrected chi connectivity index (χ4v) is 2.04. The van der Waals surface area contributed by atoms with Gasteiger partial charge in [-0.25, -0.2) is 0 Å². The van der Waals surface area contributed by atoms with Gasteiger partial charge in [-0.1, -0.05) is 32.4 Å². The summed E-state index contributed by atoms with van der Waals surface area (Å²) < 4.78 is 10.2. The maximum Gasteiger partial charge on any atom is 0.323 e. The summed E-state index contributed by atoms with van der Waals surface area (Å²) in [5.74, 6) is -0.991. The van der Waals surface area contributed by atoms with Crippen LogP contribution in [-0.4, -0.2) is 25.2 Å². The van der Waals surface area contributed by atoms with Crippen molar-refractivity contribution in [1.82, 2.24) is 0 Å². The van der Waals surface area contributed by atoms with E-state index in [0.717, 1.165) is 12.0 Å². The topological polar surface area (TPSA) is 52.6 Å². The number of ether oxygens (including phenoxy) is 2. The Hall–Kier alpha value is -1.32. The summed E-state index contributed by atoms with van der Waals surface area (Å²) in [5.41, 5.74) is -0.372. The van der Waals surface area contributed by atoms with Gasteiger partial charge in [-0.15, -0.1) is 0 Å². The predicted molar refractivity (Wildman–Crippen MR) is 74.7 cm³/mol. The first-order valence-electron chi connectivity index (χ1n) is 6.99. The molecule has 4 nitrogen and oxygen atoms in total. The number of carbonyl (C=O) groups excluding carboxylic acids is 2. The molecule has 0 aliphatic heterocycles. The van der Waals surface area contributed by atoms with Gasteiger partial charge >= 0.3 is 11.9 Å². The lowest BCUT2D eigenvalue weighted by atomic mass is 9.77. The van der Waals surface area contributed by atoms with Crippen molar-refractivity contribution in [1.29, 1.82) is 0 Å². The first-order valence-corrected chi connectivity index (χ1v) is 6.99. The van der Waals surface area contributed by atoms with E-state index < -0.39 is 17.4 Å². The zero-order chi connectivity index (χ0) is 14.9. The third kappa shape index (κ3) is 4.69. The van der Waals surface area contributed by atoms with Gasteiger partial charge in [0.2, 0.25) is 0 Å². The molecule has 0 radical (unpaired) electrons. The van der Waals surface area contributed by atoms with Crippen LogP contribution in [0.3, 0.4) is 0 Å². The van der Waals surface area contributed by atoms with E-state index >= 15 is 0 Å². The Labute approximate surface area is 116 Å². The van der Waals surface area contributed by atoms with Crippen LogP contribution in [0.25, 0.3) is 0 Å². The van der Waals surface area contributed by atoms with Crippen LogP contribution in [0, 0.1) is 5.41 Å². The van der Waals surface area contributed by atoms with Crippen molar-refractivity contribution in [2.75, 3.05) is 13.2 Å². The molecule has 0 fully saturated rings. The van der Waals surface area contributed by atoms with E-state index in [9.17, 15) is 9.59 Å². The highest BCUT2D eigenvalue weighted by Crippen LogP contribution is 2.35. The highest BCUT2D eigenvalue weighted by molar-refractivity contribution is 6.00. The molecule has 0 aromatic rings. The minimum Gasteiger partial charge on any atom is -0.465 e. The molecule has 0 rings (SSSR count). The lowest BCUT2D eigenvalue weighted by Gasteiger charge is -2.29. The van der Waals surface area contributed by atoms with E-state index in [-0.39, 0.29) is 13.2 Å². The quantitative estimate of drug-likeness (QED) is 0.366. The van der Waals surface area contributed by atoms with Crippen LogP contribution in [0.15, 0.2) is 12.2 Å². The Balaban J connectivity index is 5.38. The van der Waals surface area contributed by atoms with Gasteiger partial charge < -0.3 is 9.47 Å². The molecule has 0 spiro atoms. The van der Waals surface area contributed by atoms with Crippen molar-refractivity contribution in [2.45, 2.75) is 53.4 Å². The van der Waals surface area contributed by atoms with Crippen LogP contribution < -0.4 is 0 Å². The fourth-order valence-electron chi connectivity index (χ4n) is 2.04. The average molecular weight is 270 g/mol. The second-order valence-corrected chi connectivity index (χ2v) is 4.55. The van der Waals surface area contributed by atoms with Crippen molar-refractivity contribution in [3.8, 4) is 0 Å². The monoisotopic (exact) mass is 270 g/mol. The number of rotatable bonds is 9. The zero-order valence-electron chi connectivity index (χ0n) is 12.6. The number of hydrogen-bond acceptors (Lipinski definition) is 4. The standard InChI is InChI=1S/C15H26O4/c1-6-10-15(11-12(5)7-2,13(16)18-8-3)14(17)19-9-4/h5-11H2,1-4H3. The summed E-state index contributed by atoms with van der Waals surface area (Å²) in [6, 6.07) is 0. The minimum atomic E-state index is -1.23. The molecule has 0 unspecified atom stereocenters. The Bertz CT molecular complexity index is 302. The molecule has 0 aliphatic rings. The largest absolute Gasteiger partial charge is 0.465 e. The smallest absolute Gasteiger partial charge is 0.323 e. The van der Waals surface area contributed by atoms with Gasteiger partial charge in [-0.2, -0.15) is 0 Å². The second kappa shape index (κ2) is 8.73. The van der Waals surface area contributed by atoms with Gasteiger partial charge in [0.25, 0.3) is 0 Å². The third-order valence-corrected chi connectivity index (χ3v) is 3.06. The first-order chi connectivity index (χ1) is 8.98. The molecule has 0 saturated carbocycles. The van der Waals surface area contributed by atoms with Crippen LogP contribution in [-0.2, 0) is 19.1 Å². The summed E-state index contributed by atoms with van der Waals surface area (Å²) in [7, 11) is 0. The maximum absolute atomic E-state index is 12.3. The van der Waals surface area contributed by atoms with E-state index in [2.05, 4.69) is 6.58 Å². The van der Waals surface area contributed by atoms with Crippen LogP contribution in [0.2, 0.25) is 0 Å². The molecule has 0 aromatic heterocycles. The van der Waals surface area contributed by atoms with Gasteiger partial charge in [0.1, 0.15) is 0 Å². The zero-order valence-corrected chi connectivity index (χ0v) is 12.6. The maximum atomic E-state index is 12.3. The molecule has 0 saturated heterocycles. The van der Waals surface area contributed by atoms with E-state index in [0.29, 0.717) is 19.3 Å². The summed E-state index contributed by atoms with van der Waals surface area (Å²) in [6.07, 6.45) is 2.15. The van der Waals surface area contributed by atoms with Gasteiger partial charge in [0.15, 0.2) is 5.41 Å². The van der Waals surface area contributed by atoms with Gasteiger partial charge in [0.05, 0.1) is 13.2 Å². The minimum absolute atomic E-state index is 0.252. The third-order valence-electron chi connectivity index (χ3n) is 3.06. The van der Waals surface area contributed by atoms with Crippen LogP contribution in [0.1, 0.15) is 53.4 Å². The second-order valence-electron chi connectivity index (χ2n) is 4.55. The Morgan fingerprint density at radius 1 is 1.00 bits per heavy atom. The average Bonchev–Trinajstić information content (AvgIpc) is 2.38. The van der Waals surface area contributed by atoms with Gasteiger partial charge in [0, 0.05) is 0 Å². The van der Waals surface area contributed by atoms with Gasteiger partial charge in [-0.05, 0) is 33.1 Å². The number of allylic oxidation sites excluding steroid dienone is 1. The molecule has 19 heavy (non-hydrogen) atoms. The van der Waals surface area contributed by atoms with Crippen LogP contribution in [0.4, 0.5) is 0 Å². The van der Waals surface area contributed by atoms with Gasteiger partial charge in [-0.3, -0.25) is 9.59 Å². The summed E-state index contributed by atoms with van der Waals surface area (Å²) >= 11 is 0. The van der Waals surface area contributed by atoms with E-state index in [1.807, 2.05) is 13.8 Å². The Kier molecular flexibility index (Phi) is 8.12. The molecule has 0 atom stereocenters. The molecule has 0 N–H and O–H groups in total. The van der Waals surface area contributed by atoms with Crippen LogP contribution >= 0.6 is 0 Å². The summed E-state index contributed by atoms with van der Waals surface area (Å²) in [6.45, 7) is 11.8. The van der Waals surface area contributed by atoms with E-state index in [4.69, 9.17) is 9.47 Å². The van der Waals surface area contributed by atoms with Crippen molar-refractivity contribution in [2.24, 2.45) is 5.41 Å². The fraction of sp³-hybridized carbons (Fsp3) is 0.733. The highest BCUT2D eigenvalue weighted by atomic mass is 16.6. The predicted octanol–water partition coefficient (Wildman–Crippen LogP) is 3.26. The summed E-state index contributed by atoms with van der Waals surface area (Å²) in [4.78, 5) is 24.5. The number of hydrogen-bond donors (Lipinski definition) is 0. The highest BCUT2D eigenvalue weighted by Gasteiger charge is 2.48. The first kappa shape index (κ1) is 17.7. The van der Waals surface area contributed by atoms with Crippen molar-refractivity contribution in [3.63, 3.8) is 0 Å². The molecule has 0 aromatic carbocycles. The Morgan fingerprint density at radius 2 is 1.47 bits per heavy atom. The molecular formula is C15H26O4. The number of carbonyl (C=O) groups is 2. The van der Waals surface area contributed by atoms with E-state index in [1.165, 1.54) is 0 Å². The lowest BCUT2D eigenvalue weighted by Crippen LogP contribution is -2.42. The molecule has 0 aliphatic carbocycles. The SMILES string of the molecule is C=C(CC)CC(CCC)(C(=O)OCC)C(=O)OCC. The number of esters is 2.